The lowest BCUT2D eigenvalue weighted by molar-refractivity contribution is 1.24. The first-order valence-electron chi connectivity index (χ1n) is 3.56. The summed E-state index contributed by atoms with van der Waals surface area (Å²) in [4.78, 5) is 11.1. The van der Waals surface area contributed by atoms with E-state index in [-0.39, 0.29) is 5.56 Å². The van der Waals surface area contributed by atoms with Crippen LogP contribution in [0.15, 0.2) is 41.2 Å². The number of aromatic nitrogens is 1. The van der Waals surface area contributed by atoms with Crippen molar-refractivity contribution in [2.45, 2.75) is 0 Å². The van der Waals surface area contributed by atoms with Crippen LogP contribution >= 0.6 is 16.1 Å². The Hall–Kier alpha value is -1.09. The molecule has 0 spiro atoms. The highest BCUT2D eigenvalue weighted by Crippen LogP contribution is 2.11. The molecule has 0 bridgehead atoms. The van der Waals surface area contributed by atoms with E-state index in [1.165, 1.54) is 9.66 Å². The Kier molecular flexibility index (Phi) is 1.73. The van der Waals surface area contributed by atoms with Crippen molar-refractivity contribution in [2.24, 2.45) is 0 Å². The normalized spacial score (nSPS) is 10.4. The standard InChI is InChI=1S/C9H6BrNO/c10-11-8-4-2-1-3-7(8)5-6-9(11)12/h1-6H. The van der Waals surface area contributed by atoms with Crippen LogP contribution in [0.2, 0.25) is 0 Å². The molecular weight excluding hydrogens is 218 g/mol. The second-order valence-electron chi connectivity index (χ2n) is 2.51. The monoisotopic (exact) mass is 223 g/mol. The van der Waals surface area contributed by atoms with Gasteiger partial charge in [0.2, 0.25) is 0 Å². The molecule has 0 atom stereocenters. The van der Waals surface area contributed by atoms with Crippen molar-refractivity contribution in [2.75, 3.05) is 0 Å². The van der Waals surface area contributed by atoms with Gasteiger partial charge in [-0.15, -0.1) is 0 Å². The summed E-state index contributed by atoms with van der Waals surface area (Å²) in [5.41, 5.74) is 0.846. The van der Waals surface area contributed by atoms with Gasteiger partial charge in [0.05, 0.1) is 21.7 Å². The topological polar surface area (TPSA) is 22.0 Å². The van der Waals surface area contributed by atoms with Crippen LogP contribution in [0.25, 0.3) is 10.9 Å². The van der Waals surface area contributed by atoms with Crippen molar-refractivity contribution in [1.82, 2.24) is 3.59 Å². The van der Waals surface area contributed by atoms with Crippen molar-refractivity contribution < 1.29 is 0 Å². The van der Waals surface area contributed by atoms with E-state index in [9.17, 15) is 4.79 Å². The highest BCUT2D eigenvalue weighted by Gasteiger charge is 1.97. The molecule has 0 radical (unpaired) electrons. The molecule has 0 N–H and O–H groups in total. The molecule has 0 amide bonds. The Morgan fingerprint density at radius 1 is 1.08 bits per heavy atom. The lowest BCUT2D eigenvalue weighted by Gasteiger charge is -1.99. The number of rotatable bonds is 0. The lowest BCUT2D eigenvalue weighted by atomic mass is 10.2. The molecule has 60 valence electrons. The molecule has 0 unspecified atom stereocenters. The van der Waals surface area contributed by atoms with Crippen LogP contribution in [0.3, 0.4) is 0 Å². The summed E-state index contributed by atoms with van der Waals surface area (Å²) < 4.78 is 1.46. The summed E-state index contributed by atoms with van der Waals surface area (Å²) in [6, 6.07) is 11.1. The Labute approximate surface area is 77.8 Å². The van der Waals surface area contributed by atoms with Gasteiger partial charge in [0, 0.05) is 6.07 Å². The van der Waals surface area contributed by atoms with Gasteiger partial charge in [-0.25, -0.2) is 3.59 Å². The van der Waals surface area contributed by atoms with Crippen LogP contribution in [0.5, 0.6) is 0 Å². The summed E-state index contributed by atoms with van der Waals surface area (Å²) in [7, 11) is 0. The van der Waals surface area contributed by atoms with Gasteiger partial charge in [0.25, 0.3) is 5.56 Å². The fraction of sp³-hybridized carbons (Fsp3) is 0. The third-order valence-corrected chi connectivity index (χ3v) is 2.48. The van der Waals surface area contributed by atoms with Gasteiger partial charge >= 0.3 is 0 Å². The number of hydrogen-bond acceptors (Lipinski definition) is 1. The molecule has 0 saturated carbocycles. The van der Waals surface area contributed by atoms with E-state index >= 15 is 0 Å². The molecule has 3 heteroatoms. The van der Waals surface area contributed by atoms with Crippen molar-refractivity contribution in [3.8, 4) is 0 Å². The third-order valence-electron chi connectivity index (χ3n) is 1.75. The maximum atomic E-state index is 11.1. The van der Waals surface area contributed by atoms with Crippen molar-refractivity contribution in [1.29, 1.82) is 0 Å². The molecular formula is C9H6BrNO. The molecule has 0 aliphatic carbocycles. The summed E-state index contributed by atoms with van der Waals surface area (Å²) in [5.74, 6) is 0. The van der Waals surface area contributed by atoms with Crippen LogP contribution < -0.4 is 5.56 Å². The average Bonchev–Trinajstić information content (AvgIpc) is 2.12. The summed E-state index contributed by atoms with van der Waals surface area (Å²) in [6.45, 7) is 0. The maximum absolute atomic E-state index is 11.1. The van der Waals surface area contributed by atoms with Gasteiger partial charge in [-0.05, 0) is 17.5 Å². The third kappa shape index (κ3) is 1.06. The van der Waals surface area contributed by atoms with Gasteiger partial charge in [-0.1, -0.05) is 18.2 Å². The predicted molar refractivity (Wildman–Crippen MR) is 52.5 cm³/mol. The van der Waals surface area contributed by atoms with Crippen LogP contribution in [-0.4, -0.2) is 3.59 Å². The van der Waals surface area contributed by atoms with E-state index in [0.717, 1.165) is 10.9 Å². The zero-order chi connectivity index (χ0) is 8.55. The number of nitrogens with zero attached hydrogens (tertiary/aromatic N) is 1. The number of hydrogen-bond donors (Lipinski definition) is 0. The van der Waals surface area contributed by atoms with Crippen molar-refractivity contribution in [3.05, 3.63) is 46.8 Å². The fourth-order valence-corrected chi connectivity index (χ4v) is 1.59. The minimum absolute atomic E-state index is 0.0475. The summed E-state index contributed by atoms with van der Waals surface area (Å²) in [5, 5.41) is 1.05. The van der Waals surface area contributed by atoms with Crippen molar-refractivity contribution >= 4 is 27.1 Å². The van der Waals surface area contributed by atoms with E-state index < -0.39 is 0 Å². The minimum Gasteiger partial charge on any atom is -0.268 e. The van der Waals surface area contributed by atoms with Gasteiger partial charge in [0.15, 0.2) is 0 Å². The first-order valence-corrected chi connectivity index (χ1v) is 4.27. The smallest absolute Gasteiger partial charge is 0.261 e. The minimum atomic E-state index is -0.0475. The van der Waals surface area contributed by atoms with Gasteiger partial charge < -0.3 is 0 Å². The van der Waals surface area contributed by atoms with Crippen LogP contribution in [0.1, 0.15) is 0 Å². The second kappa shape index (κ2) is 2.75. The van der Waals surface area contributed by atoms with Gasteiger partial charge in [-0.3, -0.25) is 4.79 Å². The highest BCUT2D eigenvalue weighted by molar-refractivity contribution is 9.08. The zero-order valence-electron chi connectivity index (χ0n) is 6.20. The first-order chi connectivity index (χ1) is 5.79. The molecule has 0 fully saturated rings. The maximum Gasteiger partial charge on any atom is 0.261 e. The molecule has 2 rings (SSSR count). The number of fused-ring (bicyclic) bond motifs is 1. The lowest BCUT2D eigenvalue weighted by Crippen LogP contribution is -2.09. The van der Waals surface area contributed by atoms with Crippen LogP contribution in [0, 0.1) is 0 Å². The molecule has 0 aliphatic rings. The van der Waals surface area contributed by atoms with Gasteiger partial charge in [0.1, 0.15) is 0 Å². The molecule has 12 heavy (non-hydrogen) atoms. The quantitative estimate of drug-likeness (QED) is 0.672. The second-order valence-corrected chi connectivity index (χ2v) is 3.22. The number of para-hydroxylation sites is 1. The summed E-state index contributed by atoms with van der Waals surface area (Å²) in [6.07, 6.45) is 0. The Balaban J connectivity index is 3.01. The van der Waals surface area contributed by atoms with E-state index in [1.54, 1.807) is 0 Å². The van der Waals surface area contributed by atoms with E-state index in [2.05, 4.69) is 16.1 Å². The Morgan fingerprint density at radius 3 is 2.67 bits per heavy atom. The van der Waals surface area contributed by atoms with Gasteiger partial charge in [-0.2, -0.15) is 0 Å². The molecule has 0 saturated heterocycles. The largest absolute Gasteiger partial charge is 0.268 e. The molecule has 1 heterocycles. The Bertz CT molecular complexity index is 475. The molecule has 2 aromatic rings. The van der Waals surface area contributed by atoms with E-state index in [4.69, 9.17) is 0 Å². The first kappa shape index (κ1) is 7.55. The van der Waals surface area contributed by atoms with Crippen LogP contribution in [-0.2, 0) is 0 Å². The van der Waals surface area contributed by atoms with Crippen LogP contribution in [0.4, 0.5) is 0 Å². The molecule has 2 nitrogen and oxygen atoms in total. The van der Waals surface area contributed by atoms with E-state index in [1.807, 2.05) is 30.3 Å². The predicted octanol–water partition coefficient (Wildman–Crippen LogP) is 2.16. The Morgan fingerprint density at radius 2 is 1.83 bits per heavy atom. The highest BCUT2D eigenvalue weighted by atomic mass is 79.9. The SMILES string of the molecule is O=c1ccc2ccccc2n1Br. The average molecular weight is 224 g/mol. The van der Waals surface area contributed by atoms with E-state index in [0.29, 0.717) is 0 Å². The zero-order valence-corrected chi connectivity index (χ0v) is 7.78. The van der Waals surface area contributed by atoms with Crippen molar-refractivity contribution in [3.63, 3.8) is 0 Å². The molecule has 1 aromatic carbocycles. The summed E-state index contributed by atoms with van der Waals surface area (Å²) >= 11 is 3.18. The molecule has 0 aliphatic heterocycles. The number of benzene rings is 1. The fourth-order valence-electron chi connectivity index (χ4n) is 1.15. The number of pyridine rings is 1. The number of halogens is 1. The molecule has 1 aromatic heterocycles.